The minimum absolute atomic E-state index is 0.142. The van der Waals surface area contributed by atoms with Gasteiger partial charge < -0.3 is 10.4 Å². The quantitative estimate of drug-likeness (QED) is 0.905. The first-order valence-electron chi connectivity index (χ1n) is 6.75. The second-order valence-corrected chi connectivity index (χ2v) is 5.85. The molecule has 0 aliphatic carbocycles. The number of hydrogen-bond donors (Lipinski definition) is 2. The van der Waals surface area contributed by atoms with Crippen molar-refractivity contribution in [1.29, 1.82) is 0 Å². The molecular weight excluding hydrogens is 266 g/mol. The lowest BCUT2D eigenvalue weighted by atomic mass is 10.00. The monoisotopic (exact) mass is 285 g/mol. The van der Waals surface area contributed by atoms with Crippen molar-refractivity contribution in [2.45, 2.75) is 32.4 Å². The maximum atomic E-state index is 12.3. The van der Waals surface area contributed by atoms with E-state index < -0.39 is 6.10 Å². The fourth-order valence-corrected chi connectivity index (χ4v) is 1.95. The number of aliphatic hydroxyl groups is 1. The summed E-state index contributed by atoms with van der Waals surface area (Å²) in [5.74, 6) is -0.347. The molecule has 110 valence electrons. The third kappa shape index (κ3) is 3.86. The van der Waals surface area contributed by atoms with Crippen molar-refractivity contribution >= 4 is 5.91 Å². The Balaban J connectivity index is 2.35. The molecule has 0 spiro atoms. The lowest BCUT2D eigenvalue weighted by Crippen LogP contribution is -2.41. The largest absolute Gasteiger partial charge is 0.384 e. The minimum Gasteiger partial charge on any atom is -0.384 e. The van der Waals surface area contributed by atoms with Gasteiger partial charge >= 0.3 is 0 Å². The van der Waals surface area contributed by atoms with Crippen LogP contribution in [0.5, 0.6) is 0 Å². The Hall–Kier alpha value is -2.27. The normalized spacial score (nSPS) is 12.8. The standard InChI is InChI=1S/C16H19N3O2/c1-16(2,3)18-15(21)13-12(9-10-17-19-13)14(20)11-7-5-4-6-8-11/h4-10,14,20H,1-3H3,(H,18,21). The molecular formula is C16H19N3O2. The summed E-state index contributed by atoms with van der Waals surface area (Å²) in [6.07, 6.45) is 0.553. The number of aliphatic hydroxyl groups excluding tert-OH is 1. The molecule has 5 nitrogen and oxygen atoms in total. The van der Waals surface area contributed by atoms with E-state index in [1.165, 1.54) is 6.20 Å². The Morgan fingerprint density at radius 3 is 2.48 bits per heavy atom. The highest BCUT2D eigenvalue weighted by molar-refractivity contribution is 5.94. The van der Waals surface area contributed by atoms with Gasteiger partial charge in [0.15, 0.2) is 5.69 Å². The fraction of sp³-hybridized carbons (Fsp3) is 0.312. The SMILES string of the molecule is CC(C)(C)NC(=O)c1nnccc1C(O)c1ccccc1. The van der Waals surface area contributed by atoms with E-state index in [2.05, 4.69) is 15.5 Å². The van der Waals surface area contributed by atoms with Crippen LogP contribution in [0.15, 0.2) is 42.6 Å². The van der Waals surface area contributed by atoms with E-state index in [9.17, 15) is 9.90 Å². The van der Waals surface area contributed by atoms with Crippen molar-refractivity contribution in [2.24, 2.45) is 0 Å². The van der Waals surface area contributed by atoms with Gasteiger partial charge in [-0.2, -0.15) is 5.10 Å². The molecule has 1 aromatic heterocycles. The van der Waals surface area contributed by atoms with Gasteiger partial charge in [-0.05, 0) is 32.4 Å². The topological polar surface area (TPSA) is 75.1 Å². The smallest absolute Gasteiger partial charge is 0.272 e. The van der Waals surface area contributed by atoms with Crippen LogP contribution in [0.1, 0.15) is 48.5 Å². The zero-order valence-electron chi connectivity index (χ0n) is 12.4. The molecule has 2 aromatic rings. The zero-order valence-corrected chi connectivity index (χ0v) is 12.4. The Morgan fingerprint density at radius 2 is 1.86 bits per heavy atom. The Labute approximate surface area is 124 Å². The van der Waals surface area contributed by atoms with Crippen LogP contribution >= 0.6 is 0 Å². The highest BCUT2D eigenvalue weighted by Crippen LogP contribution is 2.23. The summed E-state index contributed by atoms with van der Waals surface area (Å²) in [6.45, 7) is 5.65. The Kier molecular flexibility index (Phi) is 4.33. The van der Waals surface area contributed by atoms with Crippen LogP contribution in [0.4, 0.5) is 0 Å². The van der Waals surface area contributed by atoms with Gasteiger partial charge in [-0.15, -0.1) is 5.10 Å². The van der Waals surface area contributed by atoms with Crippen LogP contribution in [0.2, 0.25) is 0 Å². The van der Waals surface area contributed by atoms with Crippen LogP contribution in [0.25, 0.3) is 0 Å². The summed E-state index contributed by atoms with van der Waals surface area (Å²) in [7, 11) is 0. The van der Waals surface area contributed by atoms with Crippen LogP contribution < -0.4 is 5.32 Å². The molecule has 0 saturated carbocycles. The van der Waals surface area contributed by atoms with E-state index in [0.717, 1.165) is 0 Å². The first-order valence-corrected chi connectivity index (χ1v) is 6.75. The van der Waals surface area contributed by atoms with E-state index in [0.29, 0.717) is 11.1 Å². The molecule has 2 rings (SSSR count). The Morgan fingerprint density at radius 1 is 1.19 bits per heavy atom. The second kappa shape index (κ2) is 6.01. The van der Waals surface area contributed by atoms with E-state index in [1.54, 1.807) is 18.2 Å². The van der Waals surface area contributed by atoms with Crippen molar-refractivity contribution < 1.29 is 9.90 Å². The molecule has 1 unspecified atom stereocenters. The lowest BCUT2D eigenvalue weighted by Gasteiger charge is -2.21. The van der Waals surface area contributed by atoms with Crippen LogP contribution in [0, 0.1) is 0 Å². The number of carbonyl (C=O) groups excluding carboxylic acids is 1. The third-order valence-corrected chi connectivity index (χ3v) is 2.87. The molecule has 0 radical (unpaired) electrons. The van der Waals surface area contributed by atoms with Crippen molar-refractivity contribution in [3.05, 3.63) is 59.4 Å². The molecule has 1 heterocycles. The molecule has 0 bridgehead atoms. The molecule has 5 heteroatoms. The highest BCUT2D eigenvalue weighted by Gasteiger charge is 2.23. The van der Waals surface area contributed by atoms with Gasteiger partial charge in [-0.25, -0.2) is 0 Å². The summed E-state index contributed by atoms with van der Waals surface area (Å²) in [5, 5.41) is 20.9. The van der Waals surface area contributed by atoms with Gasteiger partial charge in [0.1, 0.15) is 6.10 Å². The Bertz CT molecular complexity index is 621. The first kappa shape index (κ1) is 15.1. The number of rotatable bonds is 3. The van der Waals surface area contributed by atoms with Gasteiger partial charge in [0, 0.05) is 11.1 Å². The first-order chi connectivity index (χ1) is 9.88. The van der Waals surface area contributed by atoms with Crippen molar-refractivity contribution in [3.63, 3.8) is 0 Å². The van der Waals surface area contributed by atoms with E-state index in [-0.39, 0.29) is 17.1 Å². The summed E-state index contributed by atoms with van der Waals surface area (Å²) in [6, 6.07) is 10.8. The highest BCUT2D eigenvalue weighted by atomic mass is 16.3. The number of nitrogens with one attached hydrogen (secondary N) is 1. The zero-order chi connectivity index (χ0) is 15.5. The van der Waals surface area contributed by atoms with E-state index in [4.69, 9.17) is 0 Å². The van der Waals surface area contributed by atoms with Gasteiger partial charge in [0.25, 0.3) is 5.91 Å². The molecule has 0 aliphatic rings. The number of carbonyl (C=O) groups is 1. The molecule has 0 aliphatic heterocycles. The van der Waals surface area contributed by atoms with Crippen LogP contribution in [-0.4, -0.2) is 26.7 Å². The number of benzene rings is 1. The van der Waals surface area contributed by atoms with Gasteiger partial charge in [-0.3, -0.25) is 4.79 Å². The summed E-state index contributed by atoms with van der Waals surface area (Å²) in [4.78, 5) is 12.3. The molecule has 2 N–H and O–H groups in total. The molecule has 1 aromatic carbocycles. The molecule has 21 heavy (non-hydrogen) atoms. The van der Waals surface area contributed by atoms with E-state index >= 15 is 0 Å². The van der Waals surface area contributed by atoms with Crippen molar-refractivity contribution in [2.75, 3.05) is 0 Å². The van der Waals surface area contributed by atoms with Crippen LogP contribution in [-0.2, 0) is 0 Å². The fourth-order valence-electron chi connectivity index (χ4n) is 1.95. The van der Waals surface area contributed by atoms with Gasteiger partial charge in [0.05, 0.1) is 6.20 Å². The number of aromatic nitrogens is 2. The maximum Gasteiger partial charge on any atom is 0.272 e. The van der Waals surface area contributed by atoms with Crippen molar-refractivity contribution in [3.8, 4) is 0 Å². The van der Waals surface area contributed by atoms with Crippen molar-refractivity contribution in [1.82, 2.24) is 15.5 Å². The average Bonchev–Trinajstić information content (AvgIpc) is 2.45. The maximum absolute atomic E-state index is 12.3. The number of hydrogen-bond acceptors (Lipinski definition) is 4. The molecule has 1 atom stereocenters. The predicted molar refractivity (Wildman–Crippen MR) is 79.8 cm³/mol. The number of amides is 1. The van der Waals surface area contributed by atoms with E-state index in [1.807, 2.05) is 39.0 Å². The summed E-state index contributed by atoms with van der Waals surface area (Å²) >= 11 is 0. The summed E-state index contributed by atoms with van der Waals surface area (Å²) < 4.78 is 0. The van der Waals surface area contributed by atoms with Crippen LogP contribution in [0.3, 0.4) is 0 Å². The minimum atomic E-state index is -0.914. The molecule has 0 fully saturated rings. The number of nitrogens with zero attached hydrogens (tertiary/aromatic N) is 2. The van der Waals surface area contributed by atoms with Gasteiger partial charge in [0.2, 0.25) is 0 Å². The predicted octanol–water partition coefficient (Wildman–Crippen LogP) is 2.09. The third-order valence-electron chi connectivity index (χ3n) is 2.87. The lowest BCUT2D eigenvalue weighted by molar-refractivity contribution is 0.0907. The molecule has 1 amide bonds. The second-order valence-electron chi connectivity index (χ2n) is 5.85. The van der Waals surface area contributed by atoms with Gasteiger partial charge in [-0.1, -0.05) is 30.3 Å². The summed E-state index contributed by atoms with van der Waals surface area (Å²) in [5.41, 5.74) is 0.904. The molecule has 0 saturated heterocycles. The average molecular weight is 285 g/mol.